The van der Waals surface area contributed by atoms with E-state index in [2.05, 4.69) is 16.8 Å². The first-order valence-corrected chi connectivity index (χ1v) is 3.59. The molecule has 0 aliphatic rings. The van der Waals surface area contributed by atoms with Crippen LogP contribution in [0.4, 0.5) is 0 Å². The molecule has 0 amide bonds. The zero-order valence-electron chi connectivity index (χ0n) is 6.79. The van der Waals surface area contributed by atoms with Crippen LogP contribution in [0.1, 0.15) is 11.1 Å². The molecule has 0 bridgehead atoms. The Morgan fingerprint density at radius 1 is 1.62 bits per heavy atom. The Hall–Kier alpha value is -2.04. The van der Waals surface area contributed by atoms with Gasteiger partial charge in [-0.1, -0.05) is 11.8 Å². The normalized spacial score (nSPS) is 8.31. The minimum absolute atomic E-state index is 0.0591. The molecule has 0 fully saturated rings. The molecule has 1 aromatic rings. The Morgan fingerprint density at radius 2 is 2.38 bits per heavy atom. The summed E-state index contributed by atoms with van der Waals surface area (Å²) in [6.45, 7) is 0.251. The van der Waals surface area contributed by atoms with Crippen molar-refractivity contribution >= 4 is 0 Å². The zero-order chi connectivity index (χ0) is 9.68. The Balaban J connectivity index is 3.16. The maximum Gasteiger partial charge on any atom is 0.265 e. The van der Waals surface area contributed by atoms with Gasteiger partial charge < -0.3 is 10.7 Å². The van der Waals surface area contributed by atoms with Gasteiger partial charge in [-0.2, -0.15) is 5.26 Å². The van der Waals surface area contributed by atoms with Gasteiger partial charge in [-0.15, -0.1) is 0 Å². The van der Waals surface area contributed by atoms with E-state index >= 15 is 0 Å². The van der Waals surface area contributed by atoms with Crippen molar-refractivity contribution in [2.75, 3.05) is 6.54 Å². The monoisotopic (exact) mass is 173 g/mol. The van der Waals surface area contributed by atoms with E-state index in [4.69, 9.17) is 11.0 Å². The molecule has 3 N–H and O–H groups in total. The summed E-state index contributed by atoms with van der Waals surface area (Å²) in [5.41, 5.74) is 5.41. The number of nitrogens with two attached hydrogens (primary N) is 1. The average molecular weight is 173 g/mol. The van der Waals surface area contributed by atoms with Crippen LogP contribution in [0.3, 0.4) is 0 Å². The van der Waals surface area contributed by atoms with Gasteiger partial charge in [0, 0.05) is 11.8 Å². The summed E-state index contributed by atoms with van der Waals surface area (Å²) in [5, 5.41) is 8.53. The molecular weight excluding hydrogens is 166 g/mol. The fraction of sp³-hybridized carbons (Fsp3) is 0.111. The van der Waals surface area contributed by atoms with Gasteiger partial charge in [0.2, 0.25) is 0 Å². The highest BCUT2D eigenvalue weighted by atomic mass is 16.1. The Bertz CT molecular complexity index is 456. The summed E-state index contributed by atoms with van der Waals surface area (Å²) in [6.07, 6.45) is 1.45. The first-order valence-electron chi connectivity index (χ1n) is 3.59. The highest BCUT2D eigenvalue weighted by Gasteiger charge is 1.97. The van der Waals surface area contributed by atoms with E-state index in [9.17, 15) is 4.79 Å². The SMILES string of the molecule is N#Cc1cc(C#CCN)c[nH]c1=O. The number of rotatable bonds is 0. The van der Waals surface area contributed by atoms with E-state index in [0.29, 0.717) is 5.56 Å². The maximum absolute atomic E-state index is 10.9. The van der Waals surface area contributed by atoms with Crippen molar-refractivity contribution in [3.05, 3.63) is 33.7 Å². The van der Waals surface area contributed by atoms with Gasteiger partial charge in [0.15, 0.2) is 0 Å². The summed E-state index contributed by atoms with van der Waals surface area (Å²) in [5.74, 6) is 5.33. The van der Waals surface area contributed by atoms with Gasteiger partial charge in [-0.3, -0.25) is 4.79 Å². The Morgan fingerprint density at radius 3 is 3.00 bits per heavy atom. The molecule has 0 atom stereocenters. The van der Waals surface area contributed by atoms with Crippen molar-refractivity contribution in [2.45, 2.75) is 0 Å². The maximum atomic E-state index is 10.9. The quantitative estimate of drug-likeness (QED) is 0.521. The average Bonchev–Trinajstić information content (AvgIpc) is 2.16. The lowest BCUT2D eigenvalue weighted by Gasteiger charge is -1.89. The summed E-state index contributed by atoms with van der Waals surface area (Å²) in [6, 6.07) is 3.20. The number of nitriles is 1. The second-order valence-electron chi connectivity index (χ2n) is 2.25. The molecule has 1 rings (SSSR count). The van der Waals surface area contributed by atoms with Gasteiger partial charge in [-0.05, 0) is 6.07 Å². The standard InChI is InChI=1S/C9H7N3O/c10-3-1-2-7-4-8(5-11)9(13)12-6-7/h4,6H,3,10H2,(H,12,13). The Labute approximate surface area is 75.0 Å². The molecule has 1 heterocycles. The molecule has 64 valence electrons. The van der Waals surface area contributed by atoms with E-state index in [1.807, 2.05) is 0 Å². The number of aromatic amines is 1. The van der Waals surface area contributed by atoms with Crippen LogP contribution in [0.15, 0.2) is 17.1 Å². The third-order valence-electron chi connectivity index (χ3n) is 1.36. The van der Waals surface area contributed by atoms with Crippen molar-refractivity contribution < 1.29 is 0 Å². The first-order chi connectivity index (χ1) is 6.27. The van der Waals surface area contributed by atoms with Gasteiger partial charge in [0.1, 0.15) is 11.6 Å². The number of nitrogens with one attached hydrogen (secondary N) is 1. The molecule has 0 aliphatic carbocycles. The fourth-order valence-electron chi connectivity index (χ4n) is 0.792. The number of hydrogen-bond acceptors (Lipinski definition) is 3. The summed E-state index contributed by atoms with van der Waals surface area (Å²) < 4.78 is 0. The molecule has 13 heavy (non-hydrogen) atoms. The molecule has 1 aromatic heterocycles. The molecular formula is C9H7N3O. The molecule has 0 saturated carbocycles. The van der Waals surface area contributed by atoms with Crippen molar-refractivity contribution in [3.8, 4) is 17.9 Å². The molecule has 0 spiro atoms. The predicted molar refractivity (Wildman–Crippen MR) is 47.7 cm³/mol. The summed E-state index contributed by atoms with van der Waals surface area (Å²) in [7, 11) is 0. The van der Waals surface area contributed by atoms with Crippen LogP contribution < -0.4 is 11.3 Å². The van der Waals surface area contributed by atoms with E-state index in [-0.39, 0.29) is 12.1 Å². The van der Waals surface area contributed by atoms with Crippen molar-refractivity contribution in [1.29, 1.82) is 5.26 Å². The number of H-pyrrole nitrogens is 1. The van der Waals surface area contributed by atoms with E-state index in [1.165, 1.54) is 12.3 Å². The van der Waals surface area contributed by atoms with Crippen LogP contribution in [0.2, 0.25) is 0 Å². The summed E-state index contributed by atoms with van der Waals surface area (Å²) >= 11 is 0. The fourth-order valence-corrected chi connectivity index (χ4v) is 0.792. The van der Waals surface area contributed by atoms with E-state index in [0.717, 1.165) is 0 Å². The van der Waals surface area contributed by atoms with Crippen LogP contribution >= 0.6 is 0 Å². The van der Waals surface area contributed by atoms with Gasteiger partial charge in [0.25, 0.3) is 5.56 Å². The molecule has 0 radical (unpaired) electrons. The molecule has 0 unspecified atom stereocenters. The largest absolute Gasteiger partial charge is 0.327 e. The predicted octanol–water partition coefficient (Wildman–Crippen LogP) is -0.443. The smallest absolute Gasteiger partial charge is 0.265 e. The first kappa shape index (κ1) is 9.05. The van der Waals surface area contributed by atoms with Crippen LogP contribution in [-0.4, -0.2) is 11.5 Å². The highest BCUT2D eigenvalue weighted by Crippen LogP contribution is 1.94. The van der Waals surface area contributed by atoms with Crippen molar-refractivity contribution in [2.24, 2.45) is 5.73 Å². The summed E-state index contributed by atoms with van der Waals surface area (Å²) in [4.78, 5) is 13.3. The Kier molecular flexibility index (Phi) is 2.86. The minimum Gasteiger partial charge on any atom is -0.327 e. The third-order valence-corrected chi connectivity index (χ3v) is 1.36. The van der Waals surface area contributed by atoms with E-state index < -0.39 is 5.56 Å². The van der Waals surface area contributed by atoms with Gasteiger partial charge in [-0.25, -0.2) is 0 Å². The van der Waals surface area contributed by atoms with Gasteiger partial charge in [0.05, 0.1) is 6.54 Å². The second-order valence-corrected chi connectivity index (χ2v) is 2.25. The number of hydrogen-bond donors (Lipinski definition) is 2. The molecule has 4 heteroatoms. The number of pyridine rings is 1. The second kappa shape index (κ2) is 4.10. The minimum atomic E-state index is -0.402. The van der Waals surface area contributed by atoms with Crippen LogP contribution in [0.5, 0.6) is 0 Å². The topological polar surface area (TPSA) is 82.7 Å². The molecule has 0 aromatic carbocycles. The molecule has 0 saturated heterocycles. The molecule has 0 aliphatic heterocycles. The van der Waals surface area contributed by atoms with Crippen molar-refractivity contribution in [3.63, 3.8) is 0 Å². The zero-order valence-corrected chi connectivity index (χ0v) is 6.79. The highest BCUT2D eigenvalue weighted by molar-refractivity contribution is 5.38. The number of nitrogens with zero attached hydrogens (tertiary/aromatic N) is 1. The third kappa shape index (κ3) is 2.19. The lowest BCUT2D eigenvalue weighted by Crippen LogP contribution is -2.09. The van der Waals surface area contributed by atoms with Crippen LogP contribution in [0.25, 0.3) is 0 Å². The van der Waals surface area contributed by atoms with Crippen molar-refractivity contribution in [1.82, 2.24) is 4.98 Å². The lowest BCUT2D eigenvalue weighted by molar-refractivity contribution is 1.20. The van der Waals surface area contributed by atoms with Crippen LogP contribution in [0, 0.1) is 23.2 Å². The van der Waals surface area contributed by atoms with E-state index in [1.54, 1.807) is 6.07 Å². The van der Waals surface area contributed by atoms with Gasteiger partial charge >= 0.3 is 0 Å². The number of aromatic nitrogens is 1. The van der Waals surface area contributed by atoms with Crippen LogP contribution in [-0.2, 0) is 0 Å². The lowest BCUT2D eigenvalue weighted by atomic mass is 10.2. The molecule has 4 nitrogen and oxygen atoms in total.